The zero-order valence-corrected chi connectivity index (χ0v) is 14.9. The van der Waals surface area contributed by atoms with Gasteiger partial charge < -0.3 is 15.3 Å². The Kier molecular flexibility index (Phi) is 4.36. The molecule has 0 bridgehead atoms. The number of carbonyl (C=O) groups is 1. The lowest BCUT2D eigenvalue weighted by atomic mass is 10.2. The minimum atomic E-state index is -0.325. The predicted octanol–water partition coefficient (Wildman–Crippen LogP) is 3.59. The standard InChI is InChI=1S/C20H16FN5O2/c1-25(15-6-8-16(27)9-7-15)20(28)17-12-22-19-11-10-18(24-26(17)19)23-14-4-2-13(21)3-5-14/h2-12,27H,1H3,(H,23,24). The number of amides is 1. The summed E-state index contributed by atoms with van der Waals surface area (Å²) >= 11 is 0. The van der Waals surface area contributed by atoms with Crippen molar-refractivity contribution in [3.63, 3.8) is 0 Å². The molecule has 0 unspecified atom stereocenters. The highest BCUT2D eigenvalue weighted by atomic mass is 19.1. The van der Waals surface area contributed by atoms with Crippen LogP contribution in [0.1, 0.15) is 10.5 Å². The Morgan fingerprint density at radius 1 is 1.07 bits per heavy atom. The maximum Gasteiger partial charge on any atom is 0.278 e. The molecule has 140 valence electrons. The molecule has 0 atom stereocenters. The van der Waals surface area contributed by atoms with Crippen LogP contribution in [0.2, 0.25) is 0 Å². The molecule has 4 rings (SSSR count). The van der Waals surface area contributed by atoms with Crippen LogP contribution in [0, 0.1) is 5.82 Å². The number of benzene rings is 2. The Bertz CT molecular complexity index is 1140. The van der Waals surface area contributed by atoms with Crippen molar-refractivity contribution in [3.8, 4) is 5.75 Å². The van der Waals surface area contributed by atoms with E-state index in [0.29, 0.717) is 22.8 Å². The molecular weight excluding hydrogens is 361 g/mol. The van der Waals surface area contributed by atoms with Crippen LogP contribution >= 0.6 is 0 Å². The van der Waals surface area contributed by atoms with Gasteiger partial charge in [-0.1, -0.05) is 0 Å². The monoisotopic (exact) mass is 377 g/mol. The van der Waals surface area contributed by atoms with E-state index >= 15 is 0 Å². The molecule has 0 saturated carbocycles. The van der Waals surface area contributed by atoms with Gasteiger partial charge in [0.1, 0.15) is 11.6 Å². The number of rotatable bonds is 4. The van der Waals surface area contributed by atoms with Gasteiger partial charge in [0.2, 0.25) is 0 Å². The highest BCUT2D eigenvalue weighted by Gasteiger charge is 2.19. The molecule has 8 heteroatoms. The lowest BCUT2D eigenvalue weighted by Gasteiger charge is -2.16. The van der Waals surface area contributed by atoms with E-state index in [1.807, 2.05) is 0 Å². The molecule has 4 aromatic rings. The maximum absolute atomic E-state index is 13.1. The summed E-state index contributed by atoms with van der Waals surface area (Å²) < 4.78 is 14.5. The first kappa shape index (κ1) is 17.5. The largest absolute Gasteiger partial charge is 0.508 e. The van der Waals surface area contributed by atoms with Gasteiger partial charge in [-0.15, -0.1) is 5.10 Å². The molecule has 0 spiro atoms. The third-order valence-corrected chi connectivity index (χ3v) is 4.24. The molecular formula is C20H16FN5O2. The number of anilines is 3. The Hall–Kier alpha value is -3.94. The lowest BCUT2D eigenvalue weighted by molar-refractivity contribution is 0.0986. The van der Waals surface area contributed by atoms with Crippen LogP contribution in [0.5, 0.6) is 5.75 Å². The normalized spacial score (nSPS) is 10.8. The highest BCUT2D eigenvalue weighted by molar-refractivity contribution is 6.04. The van der Waals surface area contributed by atoms with Crippen LogP contribution in [0.3, 0.4) is 0 Å². The number of halogens is 1. The van der Waals surface area contributed by atoms with Crippen LogP contribution in [0.15, 0.2) is 66.9 Å². The molecule has 0 radical (unpaired) electrons. The first-order valence-corrected chi connectivity index (χ1v) is 8.46. The molecule has 2 N–H and O–H groups in total. The number of aromatic nitrogens is 3. The van der Waals surface area contributed by atoms with Crippen molar-refractivity contribution in [1.82, 2.24) is 14.6 Å². The van der Waals surface area contributed by atoms with E-state index in [9.17, 15) is 14.3 Å². The highest BCUT2D eigenvalue weighted by Crippen LogP contribution is 2.20. The van der Waals surface area contributed by atoms with E-state index in [4.69, 9.17) is 0 Å². The van der Waals surface area contributed by atoms with E-state index < -0.39 is 0 Å². The van der Waals surface area contributed by atoms with Gasteiger partial charge in [-0.3, -0.25) is 4.79 Å². The molecule has 28 heavy (non-hydrogen) atoms. The number of nitrogens with one attached hydrogen (secondary N) is 1. The minimum absolute atomic E-state index is 0.123. The van der Waals surface area contributed by atoms with Gasteiger partial charge in [0.15, 0.2) is 17.2 Å². The number of carbonyl (C=O) groups excluding carboxylic acids is 1. The average Bonchev–Trinajstić information content (AvgIpc) is 3.12. The number of hydrogen-bond donors (Lipinski definition) is 2. The average molecular weight is 377 g/mol. The van der Waals surface area contributed by atoms with Crippen molar-refractivity contribution in [2.45, 2.75) is 0 Å². The molecule has 1 amide bonds. The summed E-state index contributed by atoms with van der Waals surface area (Å²) in [6.07, 6.45) is 1.46. The van der Waals surface area contributed by atoms with E-state index in [-0.39, 0.29) is 23.2 Å². The van der Waals surface area contributed by atoms with Gasteiger partial charge in [0.05, 0.1) is 6.20 Å². The van der Waals surface area contributed by atoms with Crippen molar-refractivity contribution in [1.29, 1.82) is 0 Å². The van der Waals surface area contributed by atoms with Crippen LogP contribution < -0.4 is 10.2 Å². The van der Waals surface area contributed by atoms with Gasteiger partial charge in [0.25, 0.3) is 5.91 Å². The van der Waals surface area contributed by atoms with E-state index in [1.54, 1.807) is 43.4 Å². The quantitative estimate of drug-likeness (QED) is 0.568. The molecule has 2 aromatic carbocycles. The molecule has 0 saturated heterocycles. The van der Waals surface area contributed by atoms with E-state index in [1.165, 1.54) is 39.9 Å². The molecule has 7 nitrogen and oxygen atoms in total. The smallest absolute Gasteiger partial charge is 0.278 e. The number of aromatic hydroxyl groups is 1. The molecule has 0 aliphatic carbocycles. The Balaban J connectivity index is 1.64. The third kappa shape index (κ3) is 3.35. The van der Waals surface area contributed by atoms with Gasteiger partial charge >= 0.3 is 0 Å². The second-order valence-corrected chi connectivity index (χ2v) is 6.14. The fourth-order valence-electron chi connectivity index (χ4n) is 2.73. The molecule has 0 aliphatic heterocycles. The van der Waals surface area contributed by atoms with Crippen molar-refractivity contribution < 1.29 is 14.3 Å². The van der Waals surface area contributed by atoms with Crippen molar-refractivity contribution in [2.24, 2.45) is 0 Å². The summed E-state index contributed by atoms with van der Waals surface area (Å²) in [5.41, 5.74) is 2.10. The SMILES string of the molecule is CN(C(=O)c1cnc2ccc(Nc3ccc(F)cc3)nn12)c1ccc(O)cc1. The fraction of sp³-hybridized carbons (Fsp3) is 0.0500. The Morgan fingerprint density at radius 2 is 1.79 bits per heavy atom. The summed E-state index contributed by atoms with van der Waals surface area (Å²) in [6, 6.07) is 15.7. The zero-order chi connectivity index (χ0) is 19.7. The molecule has 2 heterocycles. The Labute approximate surface area is 159 Å². The zero-order valence-electron chi connectivity index (χ0n) is 14.9. The number of fused-ring (bicyclic) bond motifs is 1. The summed E-state index contributed by atoms with van der Waals surface area (Å²) in [5, 5.41) is 16.9. The van der Waals surface area contributed by atoms with Crippen molar-refractivity contribution >= 4 is 28.7 Å². The van der Waals surface area contributed by atoms with Gasteiger partial charge in [-0.05, 0) is 60.7 Å². The van der Waals surface area contributed by atoms with Crippen molar-refractivity contribution in [2.75, 3.05) is 17.3 Å². The lowest BCUT2D eigenvalue weighted by Crippen LogP contribution is -2.27. The van der Waals surface area contributed by atoms with Crippen molar-refractivity contribution in [3.05, 3.63) is 78.4 Å². The van der Waals surface area contributed by atoms with E-state index in [0.717, 1.165) is 0 Å². The second kappa shape index (κ2) is 6.99. The molecule has 2 aromatic heterocycles. The van der Waals surface area contributed by atoms with Crippen LogP contribution in [0.4, 0.5) is 21.6 Å². The number of phenolic OH excluding ortho intramolecular Hbond substituents is 1. The van der Waals surface area contributed by atoms with Gasteiger partial charge in [-0.2, -0.15) is 0 Å². The third-order valence-electron chi connectivity index (χ3n) is 4.24. The number of imidazole rings is 1. The van der Waals surface area contributed by atoms with Crippen LogP contribution in [0.25, 0.3) is 5.65 Å². The topological polar surface area (TPSA) is 82.8 Å². The number of hydrogen-bond acceptors (Lipinski definition) is 5. The maximum atomic E-state index is 13.1. The van der Waals surface area contributed by atoms with Gasteiger partial charge in [0, 0.05) is 18.4 Å². The number of nitrogens with zero attached hydrogens (tertiary/aromatic N) is 4. The predicted molar refractivity (Wildman–Crippen MR) is 104 cm³/mol. The second-order valence-electron chi connectivity index (χ2n) is 6.14. The summed E-state index contributed by atoms with van der Waals surface area (Å²) in [4.78, 5) is 18.6. The number of phenols is 1. The summed E-state index contributed by atoms with van der Waals surface area (Å²) in [5.74, 6) is -0.0191. The molecule has 0 fully saturated rings. The van der Waals surface area contributed by atoms with Crippen LogP contribution in [-0.4, -0.2) is 32.7 Å². The summed E-state index contributed by atoms with van der Waals surface area (Å²) in [7, 11) is 1.63. The minimum Gasteiger partial charge on any atom is -0.508 e. The first-order chi connectivity index (χ1) is 13.5. The summed E-state index contributed by atoms with van der Waals surface area (Å²) in [6.45, 7) is 0. The van der Waals surface area contributed by atoms with Crippen LogP contribution in [-0.2, 0) is 0 Å². The van der Waals surface area contributed by atoms with E-state index in [2.05, 4.69) is 15.4 Å². The van der Waals surface area contributed by atoms with Gasteiger partial charge in [-0.25, -0.2) is 13.9 Å². The first-order valence-electron chi connectivity index (χ1n) is 8.46. The fourth-order valence-corrected chi connectivity index (χ4v) is 2.73. The molecule has 0 aliphatic rings. The Morgan fingerprint density at radius 3 is 2.50 bits per heavy atom.